The van der Waals surface area contributed by atoms with Gasteiger partial charge < -0.3 is 0 Å². The molecule has 3 rings (SSSR count). The molecule has 0 aromatic carbocycles. The molecule has 0 radical (unpaired) electrons. The molecule has 7 heteroatoms. The average Bonchev–Trinajstić information content (AvgIpc) is 2.74. The minimum absolute atomic E-state index is 0.0215. The van der Waals surface area contributed by atoms with Crippen LogP contribution in [0.1, 0.15) is 11.4 Å². The zero-order valence-electron chi connectivity index (χ0n) is 8.79. The lowest BCUT2D eigenvalue weighted by molar-refractivity contribution is 1.14. The molecule has 18 heavy (non-hydrogen) atoms. The molecule has 0 aliphatic carbocycles. The molecule has 0 atom stereocenters. The van der Waals surface area contributed by atoms with E-state index in [0.717, 1.165) is 0 Å². The molecule has 0 bridgehead atoms. The van der Waals surface area contributed by atoms with Crippen LogP contribution in [0.15, 0.2) is 18.3 Å². The van der Waals surface area contributed by atoms with Crippen LogP contribution in [0.4, 0.5) is 0 Å². The maximum absolute atomic E-state index is 8.91. The molecule has 0 N–H and O–H groups in total. The number of rotatable bonds is 0. The molecule has 0 unspecified atom stereocenters. The Morgan fingerprint density at radius 3 is 2.50 bits per heavy atom. The number of hydrogen-bond acceptors (Lipinski definition) is 5. The first kappa shape index (κ1) is 10.5. The molecule has 0 spiro atoms. The van der Waals surface area contributed by atoms with Gasteiger partial charge in [-0.25, -0.2) is 15.0 Å². The maximum atomic E-state index is 8.91. The number of nitrogens with zero attached hydrogens (tertiary/aromatic N) is 6. The zero-order valence-corrected chi connectivity index (χ0v) is 9.55. The predicted octanol–water partition coefficient (Wildman–Crippen LogP) is 1.67. The van der Waals surface area contributed by atoms with Gasteiger partial charge in [0.1, 0.15) is 17.8 Å². The molecule has 0 aliphatic heterocycles. The molecule has 3 aromatic heterocycles. The van der Waals surface area contributed by atoms with Crippen LogP contribution >= 0.6 is 11.6 Å². The third-order valence-corrected chi connectivity index (χ3v) is 2.63. The standard InChI is InChI=1S/C11H3ClN6/c12-6-1-2-9-17-10-11(18(9)5-6)16-8(4-14)7(3-13)15-10/h1-2,5H. The van der Waals surface area contributed by atoms with Gasteiger partial charge in [-0.1, -0.05) is 11.6 Å². The minimum Gasteiger partial charge on any atom is -0.281 e. The first-order valence-electron chi connectivity index (χ1n) is 4.88. The lowest BCUT2D eigenvalue weighted by atomic mass is 10.3. The van der Waals surface area contributed by atoms with Crippen LogP contribution in [-0.4, -0.2) is 19.4 Å². The van der Waals surface area contributed by atoms with E-state index in [9.17, 15) is 0 Å². The normalized spacial score (nSPS) is 10.4. The second kappa shape index (κ2) is 3.66. The topological polar surface area (TPSA) is 90.7 Å². The van der Waals surface area contributed by atoms with Gasteiger partial charge in [0.25, 0.3) is 0 Å². The van der Waals surface area contributed by atoms with Gasteiger partial charge in [0.15, 0.2) is 22.7 Å². The fraction of sp³-hybridized carbons (Fsp3) is 0. The highest BCUT2D eigenvalue weighted by molar-refractivity contribution is 6.30. The smallest absolute Gasteiger partial charge is 0.199 e. The van der Waals surface area contributed by atoms with Gasteiger partial charge in [-0.3, -0.25) is 4.40 Å². The summed E-state index contributed by atoms with van der Waals surface area (Å²) in [5, 5.41) is 18.3. The van der Waals surface area contributed by atoms with Crippen LogP contribution in [-0.2, 0) is 0 Å². The fourth-order valence-corrected chi connectivity index (χ4v) is 1.81. The first-order valence-corrected chi connectivity index (χ1v) is 5.26. The summed E-state index contributed by atoms with van der Waals surface area (Å²) >= 11 is 5.89. The van der Waals surface area contributed by atoms with Gasteiger partial charge in [0.2, 0.25) is 0 Å². The minimum atomic E-state index is -0.0282. The number of halogens is 1. The second-order valence-electron chi connectivity index (χ2n) is 3.48. The number of fused-ring (bicyclic) bond motifs is 3. The first-order chi connectivity index (χ1) is 8.72. The van der Waals surface area contributed by atoms with Crippen LogP contribution in [0.2, 0.25) is 5.02 Å². The summed E-state index contributed by atoms with van der Waals surface area (Å²) in [4.78, 5) is 12.3. The van der Waals surface area contributed by atoms with Gasteiger partial charge >= 0.3 is 0 Å². The van der Waals surface area contributed by atoms with Gasteiger partial charge in [0, 0.05) is 6.20 Å². The molecule has 0 saturated heterocycles. The molecule has 0 amide bonds. The van der Waals surface area contributed by atoms with Crippen LogP contribution in [0, 0.1) is 22.7 Å². The van der Waals surface area contributed by atoms with Crippen molar-refractivity contribution in [2.75, 3.05) is 0 Å². The monoisotopic (exact) mass is 254 g/mol. The third kappa shape index (κ3) is 1.37. The van der Waals surface area contributed by atoms with Crippen molar-refractivity contribution in [2.24, 2.45) is 0 Å². The molecule has 0 aliphatic rings. The summed E-state index contributed by atoms with van der Waals surface area (Å²) in [7, 11) is 0. The van der Waals surface area contributed by atoms with Crippen molar-refractivity contribution in [3.8, 4) is 12.1 Å². The van der Waals surface area contributed by atoms with E-state index in [1.807, 2.05) is 12.1 Å². The molecule has 84 valence electrons. The van der Waals surface area contributed by atoms with Gasteiger partial charge in [-0.15, -0.1) is 0 Å². The van der Waals surface area contributed by atoms with Crippen molar-refractivity contribution in [2.45, 2.75) is 0 Å². The summed E-state index contributed by atoms with van der Waals surface area (Å²) in [6, 6.07) is 7.07. The lowest BCUT2D eigenvalue weighted by Gasteiger charge is -1.96. The highest BCUT2D eigenvalue weighted by atomic mass is 35.5. The number of pyridine rings is 1. The second-order valence-corrected chi connectivity index (χ2v) is 3.92. The molecule has 0 fully saturated rings. The van der Waals surface area contributed by atoms with Crippen LogP contribution in [0.3, 0.4) is 0 Å². The van der Waals surface area contributed by atoms with Gasteiger partial charge in [-0.05, 0) is 12.1 Å². The highest BCUT2D eigenvalue weighted by Gasteiger charge is 2.13. The van der Waals surface area contributed by atoms with E-state index in [4.69, 9.17) is 22.1 Å². The Bertz CT molecular complexity index is 867. The zero-order chi connectivity index (χ0) is 12.7. The molecule has 0 saturated carbocycles. The van der Waals surface area contributed by atoms with Gasteiger partial charge in [-0.2, -0.15) is 10.5 Å². The van der Waals surface area contributed by atoms with Crippen LogP contribution in [0.25, 0.3) is 16.9 Å². The third-order valence-electron chi connectivity index (χ3n) is 2.41. The molecular formula is C11H3ClN6. The summed E-state index contributed by atoms with van der Waals surface area (Å²) in [6.45, 7) is 0. The molecule has 3 heterocycles. The Labute approximate surface area is 106 Å². The highest BCUT2D eigenvalue weighted by Crippen LogP contribution is 2.17. The Balaban J connectivity index is 2.51. The maximum Gasteiger partial charge on any atom is 0.199 e. The van der Waals surface area contributed by atoms with Crippen LogP contribution in [0.5, 0.6) is 0 Å². The number of aromatic nitrogens is 4. The number of hydrogen-bond donors (Lipinski definition) is 0. The van der Waals surface area contributed by atoms with Gasteiger partial charge in [0.05, 0.1) is 5.02 Å². The van der Waals surface area contributed by atoms with Crippen molar-refractivity contribution in [3.05, 3.63) is 34.7 Å². The Kier molecular flexibility index (Phi) is 2.12. The SMILES string of the molecule is N#Cc1nc2nc3ccc(Cl)cn3c2nc1C#N. The summed E-state index contributed by atoms with van der Waals surface area (Å²) in [6.07, 6.45) is 1.63. The Hall–Kier alpha value is -2.70. The van der Waals surface area contributed by atoms with Crippen molar-refractivity contribution >= 4 is 28.5 Å². The van der Waals surface area contributed by atoms with E-state index >= 15 is 0 Å². The molecular weight excluding hydrogens is 252 g/mol. The molecule has 3 aromatic rings. The van der Waals surface area contributed by atoms with Crippen molar-refractivity contribution < 1.29 is 0 Å². The lowest BCUT2D eigenvalue weighted by Crippen LogP contribution is -1.96. The summed E-state index contributed by atoms with van der Waals surface area (Å²) in [5.74, 6) is 0. The van der Waals surface area contributed by atoms with E-state index in [0.29, 0.717) is 22.0 Å². The largest absolute Gasteiger partial charge is 0.281 e. The van der Waals surface area contributed by atoms with E-state index in [1.54, 1.807) is 22.7 Å². The van der Waals surface area contributed by atoms with E-state index < -0.39 is 0 Å². The predicted molar refractivity (Wildman–Crippen MR) is 62.7 cm³/mol. The van der Waals surface area contributed by atoms with Crippen LogP contribution < -0.4 is 0 Å². The Morgan fingerprint density at radius 1 is 1.06 bits per heavy atom. The number of nitriles is 2. The average molecular weight is 255 g/mol. The quantitative estimate of drug-likeness (QED) is 0.609. The van der Waals surface area contributed by atoms with Crippen molar-refractivity contribution in [1.29, 1.82) is 10.5 Å². The van der Waals surface area contributed by atoms with E-state index in [-0.39, 0.29) is 11.4 Å². The molecule has 6 nitrogen and oxygen atoms in total. The van der Waals surface area contributed by atoms with E-state index in [1.165, 1.54) is 0 Å². The number of imidazole rings is 1. The van der Waals surface area contributed by atoms with E-state index in [2.05, 4.69) is 15.0 Å². The Morgan fingerprint density at radius 2 is 1.78 bits per heavy atom. The summed E-state index contributed by atoms with van der Waals surface area (Å²) in [5.41, 5.74) is 1.27. The summed E-state index contributed by atoms with van der Waals surface area (Å²) < 4.78 is 1.63. The van der Waals surface area contributed by atoms with Crippen molar-refractivity contribution in [1.82, 2.24) is 19.4 Å². The van der Waals surface area contributed by atoms with Crippen molar-refractivity contribution in [3.63, 3.8) is 0 Å². The fourth-order valence-electron chi connectivity index (χ4n) is 1.65.